The summed E-state index contributed by atoms with van der Waals surface area (Å²) in [7, 11) is 1.50. The molecule has 2 amide bonds. The van der Waals surface area contributed by atoms with Crippen LogP contribution < -0.4 is 14.8 Å². The maximum atomic E-state index is 13.4. The van der Waals surface area contributed by atoms with Gasteiger partial charge in [0.2, 0.25) is 5.91 Å². The number of hydrogen-bond acceptors (Lipinski definition) is 5. The van der Waals surface area contributed by atoms with Crippen molar-refractivity contribution in [1.29, 1.82) is 0 Å². The number of carbonyl (C=O) groups excluding carboxylic acids is 2. The van der Waals surface area contributed by atoms with Crippen molar-refractivity contribution in [2.45, 2.75) is 57.8 Å². The summed E-state index contributed by atoms with van der Waals surface area (Å²) >= 11 is 0. The molecular weight excluding hydrogens is 379 g/mol. The van der Waals surface area contributed by atoms with Crippen molar-refractivity contribution in [3.8, 4) is 11.5 Å². The molecule has 8 heteroatoms. The minimum absolute atomic E-state index is 0.0351. The lowest BCUT2D eigenvalue weighted by Gasteiger charge is -2.35. The van der Waals surface area contributed by atoms with Crippen molar-refractivity contribution in [1.82, 2.24) is 10.2 Å². The Bertz CT molecular complexity index is 758. The molecule has 0 bridgehead atoms. The first-order valence-electron chi connectivity index (χ1n) is 9.93. The molecule has 1 atom stereocenters. The molecule has 0 radical (unpaired) electrons. The zero-order valence-corrected chi connectivity index (χ0v) is 17.4. The zero-order chi connectivity index (χ0) is 21.2. The second kappa shape index (κ2) is 8.47. The molecule has 1 unspecified atom stereocenters. The van der Waals surface area contributed by atoms with E-state index in [-0.39, 0.29) is 30.1 Å². The third-order valence-electron chi connectivity index (χ3n) is 5.07. The van der Waals surface area contributed by atoms with Crippen molar-refractivity contribution in [3.63, 3.8) is 0 Å². The van der Waals surface area contributed by atoms with Crippen LogP contribution in [0.25, 0.3) is 0 Å². The Morgan fingerprint density at radius 3 is 2.59 bits per heavy atom. The first kappa shape index (κ1) is 21.2. The van der Waals surface area contributed by atoms with Crippen LogP contribution in [-0.2, 0) is 9.53 Å². The second-order valence-corrected chi connectivity index (χ2v) is 8.62. The van der Waals surface area contributed by atoms with Crippen molar-refractivity contribution in [2.75, 3.05) is 20.2 Å². The van der Waals surface area contributed by atoms with Crippen LogP contribution in [0.2, 0.25) is 0 Å². The maximum absolute atomic E-state index is 13.4. The monoisotopic (exact) mass is 408 g/mol. The van der Waals surface area contributed by atoms with Crippen LogP contribution in [0.15, 0.2) is 18.2 Å². The molecule has 1 aromatic rings. The molecule has 1 N–H and O–H groups in total. The molecule has 2 aliphatic rings. The molecule has 1 saturated carbocycles. The molecule has 1 saturated heterocycles. The summed E-state index contributed by atoms with van der Waals surface area (Å²) in [5, 5.41) is 3.02. The van der Waals surface area contributed by atoms with Crippen molar-refractivity contribution in [3.05, 3.63) is 24.0 Å². The van der Waals surface area contributed by atoms with Crippen LogP contribution in [-0.4, -0.2) is 54.8 Å². The molecule has 160 valence electrons. The third-order valence-corrected chi connectivity index (χ3v) is 5.07. The Morgan fingerprint density at radius 2 is 1.93 bits per heavy atom. The lowest BCUT2D eigenvalue weighted by Crippen LogP contribution is -2.47. The maximum Gasteiger partial charge on any atom is 0.410 e. The molecule has 1 heterocycles. The van der Waals surface area contributed by atoms with E-state index in [1.54, 1.807) is 4.90 Å². The molecule has 29 heavy (non-hydrogen) atoms. The van der Waals surface area contributed by atoms with Crippen LogP contribution in [0.3, 0.4) is 0 Å². The number of halogens is 1. The summed E-state index contributed by atoms with van der Waals surface area (Å²) in [6.45, 7) is 6.50. The number of benzene rings is 1. The van der Waals surface area contributed by atoms with Crippen LogP contribution in [0.1, 0.15) is 40.0 Å². The van der Waals surface area contributed by atoms with Gasteiger partial charge in [-0.25, -0.2) is 9.18 Å². The fourth-order valence-corrected chi connectivity index (χ4v) is 3.49. The lowest BCUT2D eigenvalue weighted by atomic mass is 9.81. The van der Waals surface area contributed by atoms with E-state index in [1.807, 2.05) is 20.8 Å². The highest BCUT2D eigenvalue weighted by Gasteiger charge is 2.38. The standard InChI is InChI=1S/C21H29FN2O5/c1-21(2,3)29-20(26)24-8-7-15(12-24)23-19(25)13-9-16(10-13)28-18-11-14(22)5-6-17(18)27-4/h5-6,11,13,15-16H,7-10,12H2,1-4H3,(H,23,25)/t13-,15?,16-. The summed E-state index contributed by atoms with van der Waals surface area (Å²) < 4.78 is 29.8. The second-order valence-electron chi connectivity index (χ2n) is 8.62. The smallest absolute Gasteiger partial charge is 0.410 e. The molecule has 0 aromatic heterocycles. The average Bonchev–Trinajstić information content (AvgIpc) is 3.05. The molecule has 1 aliphatic carbocycles. The highest BCUT2D eigenvalue weighted by molar-refractivity contribution is 5.80. The number of ether oxygens (including phenoxy) is 3. The first-order chi connectivity index (χ1) is 13.6. The summed E-state index contributed by atoms with van der Waals surface area (Å²) in [5.41, 5.74) is -0.538. The van der Waals surface area contributed by atoms with E-state index < -0.39 is 11.4 Å². The van der Waals surface area contributed by atoms with Crippen LogP contribution in [0.5, 0.6) is 11.5 Å². The number of nitrogens with zero attached hydrogens (tertiary/aromatic N) is 1. The van der Waals surface area contributed by atoms with Crippen molar-refractivity contribution >= 4 is 12.0 Å². The quantitative estimate of drug-likeness (QED) is 0.810. The predicted octanol–water partition coefficient (Wildman–Crippen LogP) is 3.12. The van der Waals surface area contributed by atoms with Crippen molar-refractivity contribution in [2.24, 2.45) is 5.92 Å². The fourth-order valence-electron chi connectivity index (χ4n) is 3.49. The Morgan fingerprint density at radius 1 is 1.21 bits per heavy atom. The van der Waals surface area contributed by atoms with Crippen LogP contribution in [0.4, 0.5) is 9.18 Å². The first-order valence-corrected chi connectivity index (χ1v) is 9.93. The summed E-state index contributed by atoms with van der Waals surface area (Å²) in [6, 6.07) is 4.04. The van der Waals surface area contributed by atoms with Crippen molar-refractivity contribution < 1.29 is 28.2 Å². The van der Waals surface area contributed by atoms with Gasteiger partial charge in [-0.1, -0.05) is 0 Å². The average molecular weight is 408 g/mol. The number of amides is 2. The van der Waals surface area contributed by atoms with Gasteiger partial charge in [0.1, 0.15) is 17.5 Å². The van der Waals surface area contributed by atoms with E-state index in [2.05, 4.69) is 5.32 Å². The van der Waals surface area contributed by atoms with Gasteiger partial charge in [-0.15, -0.1) is 0 Å². The van der Waals surface area contributed by atoms with E-state index in [1.165, 1.54) is 25.3 Å². The number of methoxy groups -OCH3 is 1. The Labute approximate surface area is 170 Å². The largest absolute Gasteiger partial charge is 0.493 e. The SMILES string of the molecule is COc1ccc(F)cc1O[C@H]1C[C@H](C(=O)NC2CCN(C(=O)OC(C)(C)C)C2)C1. The van der Waals surface area contributed by atoms with Gasteiger partial charge in [0.15, 0.2) is 11.5 Å². The van der Waals surface area contributed by atoms with E-state index in [0.717, 1.165) is 0 Å². The molecule has 7 nitrogen and oxygen atoms in total. The topological polar surface area (TPSA) is 77.1 Å². The van der Waals surface area contributed by atoms with Crippen LogP contribution >= 0.6 is 0 Å². The van der Waals surface area contributed by atoms with Gasteiger partial charge in [-0.3, -0.25) is 4.79 Å². The van der Waals surface area contributed by atoms with Crippen LogP contribution in [0, 0.1) is 11.7 Å². The molecule has 0 spiro atoms. The van der Waals surface area contributed by atoms with E-state index in [4.69, 9.17) is 14.2 Å². The van der Waals surface area contributed by atoms with E-state index in [9.17, 15) is 14.0 Å². The Balaban J connectivity index is 1.42. The third kappa shape index (κ3) is 5.52. The number of nitrogens with one attached hydrogen (secondary N) is 1. The minimum Gasteiger partial charge on any atom is -0.493 e. The Hall–Kier alpha value is -2.51. The van der Waals surface area contributed by atoms with Gasteiger partial charge in [0, 0.05) is 31.1 Å². The van der Waals surface area contributed by atoms with E-state index >= 15 is 0 Å². The van der Waals surface area contributed by atoms with Gasteiger partial charge >= 0.3 is 6.09 Å². The van der Waals surface area contributed by atoms with Gasteiger partial charge in [0.25, 0.3) is 0 Å². The van der Waals surface area contributed by atoms with Gasteiger partial charge < -0.3 is 24.4 Å². The fraction of sp³-hybridized carbons (Fsp3) is 0.619. The van der Waals surface area contributed by atoms with Gasteiger partial charge in [0.05, 0.1) is 7.11 Å². The highest BCUT2D eigenvalue weighted by Crippen LogP contribution is 2.36. The number of likely N-dealkylation sites (tertiary alicyclic amines) is 1. The summed E-state index contributed by atoms with van der Waals surface area (Å²) in [6.07, 6.45) is 1.33. The lowest BCUT2D eigenvalue weighted by molar-refractivity contribution is -0.131. The Kier molecular flexibility index (Phi) is 6.19. The highest BCUT2D eigenvalue weighted by atomic mass is 19.1. The normalized spacial score (nSPS) is 23.9. The molecule has 3 rings (SSSR count). The van der Waals surface area contributed by atoms with Gasteiger partial charge in [-0.2, -0.15) is 0 Å². The predicted molar refractivity (Wildman–Crippen MR) is 104 cm³/mol. The summed E-state index contributed by atoms with van der Waals surface area (Å²) in [5.74, 6) is 0.236. The number of rotatable bonds is 5. The summed E-state index contributed by atoms with van der Waals surface area (Å²) in [4.78, 5) is 26.2. The number of carbonyl (C=O) groups is 2. The molecular formula is C21H29FN2O5. The number of hydrogen-bond donors (Lipinski definition) is 1. The molecule has 1 aromatic carbocycles. The van der Waals surface area contributed by atoms with Gasteiger partial charge in [-0.05, 0) is 52.2 Å². The molecule has 1 aliphatic heterocycles. The zero-order valence-electron chi connectivity index (χ0n) is 17.4. The van der Waals surface area contributed by atoms with E-state index in [0.29, 0.717) is 43.9 Å². The molecule has 2 fully saturated rings. The minimum atomic E-state index is -0.538.